The standard InChI is InChI=1S/C8H9F3O2/c1-13-7(12)6-4-5(6)2-3-8(9,10)11/h2-3,5-6H,4H2,1H3. The molecule has 2 atom stereocenters. The van der Waals surface area contributed by atoms with Crippen molar-refractivity contribution in [1.29, 1.82) is 0 Å². The van der Waals surface area contributed by atoms with Crippen LogP contribution in [0.5, 0.6) is 0 Å². The van der Waals surface area contributed by atoms with E-state index in [0.717, 1.165) is 6.08 Å². The van der Waals surface area contributed by atoms with Gasteiger partial charge in [-0.05, 0) is 12.3 Å². The van der Waals surface area contributed by atoms with Gasteiger partial charge in [-0.25, -0.2) is 0 Å². The van der Waals surface area contributed by atoms with Gasteiger partial charge in [0.05, 0.1) is 13.0 Å². The van der Waals surface area contributed by atoms with Gasteiger partial charge < -0.3 is 4.74 Å². The lowest BCUT2D eigenvalue weighted by atomic mass is 10.3. The van der Waals surface area contributed by atoms with Gasteiger partial charge >= 0.3 is 12.1 Å². The van der Waals surface area contributed by atoms with Crippen molar-refractivity contribution in [2.75, 3.05) is 7.11 Å². The number of carbonyl (C=O) groups is 1. The molecule has 0 aromatic heterocycles. The van der Waals surface area contributed by atoms with Crippen molar-refractivity contribution in [2.24, 2.45) is 11.8 Å². The monoisotopic (exact) mass is 194 g/mol. The predicted molar refractivity (Wildman–Crippen MR) is 38.8 cm³/mol. The van der Waals surface area contributed by atoms with Crippen molar-refractivity contribution < 1.29 is 22.7 Å². The largest absolute Gasteiger partial charge is 0.469 e. The zero-order valence-corrected chi connectivity index (χ0v) is 6.97. The Morgan fingerprint density at radius 3 is 2.62 bits per heavy atom. The van der Waals surface area contributed by atoms with Gasteiger partial charge in [-0.2, -0.15) is 13.2 Å². The first-order chi connectivity index (χ1) is 5.94. The minimum absolute atomic E-state index is 0.167. The van der Waals surface area contributed by atoms with Crippen LogP contribution in [0.25, 0.3) is 0 Å². The third-order valence-electron chi connectivity index (χ3n) is 1.88. The topological polar surface area (TPSA) is 26.3 Å². The third-order valence-corrected chi connectivity index (χ3v) is 1.88. The first-order valence-electron chi connectivity index (χ1n) is 3.78. The molecule has 0 aromatic rings. The fourth-order valence-electron chi connectivity index (χ4n) is 1.08. The van der Waals surface area contributed by atoms with Crippen molar-refractivity contribution in [3.8, 4) is 0 Å². The zero-order chi connectivity index (χ0) is 10.1. The summed E-state index contributed by atoms with van der Waals surface area (Å²) in [6.45, 7) is 0. The van der Waals surface area contributed by atoms with Gasteiger partial charge in [0.1, 0.15) is 0 Å². The van der Waals surface area contributed by atoms with Crippen LogP contribution < -0.4 is 0 Å². The van der Waals surface area contributed by atoms with Gasteiger partial charge in [0.25, 0.3) is 0 Å². The summed E-state index contributed by atoms with van der Waals surface area (Å²) >= 11 is 0. The Labute approximate surface area is 73.4 Å². The molecule has 2 nitrogen and oxygen atoms in total. The second kappa shape index (κ2) is 3.40. The van der Waals surface area contributed by atoms with E-state index in [4.69, 9.17) is 0 Å². The van der Waals surface area contributed by atoms with E-state index >= 15 is 0 Å². The molecular weight excluding hydrogens is 185 g/mol. The highest BCUT2D eigenvalue weighted by Crippen LogP contribution is 2.41. The zero-order valence-electron chi connectivity index (χ0n) is 6.97. The van der Waals surface area contributed by atoms with Gasteiger partial charge in [-0.3, -0.25) is 4.79 Å². The molecule has 1 aliphatic rings. The van der Waals surface area contributed by atoms with E-state index in [1.165, 1.54) is 7.11 Å². The molecule has 5 heteroatoms. The molecule has 0 amide bonds. The normalized spacial score (nSPS) is 27.7. The lowest BCUT2D eigenvalue weighted by Gasteiger charge is -1.97. The fraction of sp³-hybridized carbons (Fsp3) is 0.625. The molecule has 1 saturated carbocycles. The average molecular weight is 194 g/mol. The molecular formula is C8H9F3O2. The Morgan fingerprint density at radius 2 is 2.15 bits per heavy atom. The van der Waals surface area contributed by atoms with E-state index < -0.39 is 12.1 Å². The van der Waals surface area contributed by atoms with E-state index in [1.807, 2.05) is 0 Å². The van der Waals surface area contributed by atoms with Crippen LogP contribution in [0.15, 0.2) is 12.2 Å². The number of alkyl halides is 3. The Morgan fingerprint density at radius 1 is 1.54 bits per heavy atom. The summed E-state index contributed by atoms with van der Waals surface area (Å²) in [7, 11) is 1.23. The van der Waals surface area contributed by atoms with E-state index in [9.17, 15) is 18.0 Å². The number of methoxy groups -OCH3 is 1. The van der Waals surface area contributed by atoms with Crippen molar-refractivity contribution >= 4 is 5.97 Å². The molecule has 0 spiro atoms. The number of hydrogen-bond donors (Lipinski definition) is 0. The molecule has 0 heterocycles. The van der Waals surface area contributed by atoms with Crippen LogP contribution in [-0.4, -0.2) is 19.3 Å². The second-order valence-electron chi connectivity index (χ2n) is 2.93. The summed E-state index contributed by atoms with van der Waals surface area (Å²) in [5.74, 6) is -1.10. The Bertz CT molecular complexity index is 232. The molecule has 0 saturated heterocycles. The van der Waals surface area contributed by atoms with Gasteiger partial charge in [0.2, 0.25) is 0 Å². The van der Waals surface area contributed by atoms with E-state index in [-0.39, 0.29) is 17.9 Å². The summed E-state index contributed by atoms with van der Waals surface area (Å²) in [5, 5.41) is 0. The fourth-order valence-corrected chi connectivity index (χ4v) is 1.08. The molecule has 0 N–H and O–H groups in total. The molecule has 1 fully saturated rings. The van der Waals surface area contributed by atoms with Crippen LogP contribution >= 0.6 is 0 Å². The smallest absolute Gasteiger partial charge is 0.409 e. The SMILES string of the molecule is COC(=O)C1CC1C=CC(F)(F)F. The highest BCUT2D eigenvalue weighted by atomic mass is 19.4. The van der Waals surface area contributed by atoms with Gasteiger partial charge in [-0.15, -0.1) is 0 Å². The number of halogens is 3. The van der Waals surface area contributed by atoms with Gasteiger partial charge in [0, 0.05) is 6.08 Å². The van der Waals surface area contributed by atoms with E-state index in [1.54, 1.807) is 0 Å². The lowest BCUT2D eigenvalue weighted by Crippen LogP contribution is -2.04. The number of hydrogen-bond acceptors (Lipinski definition) is 2. The first kappa shape index (κ1) is 10.1. The number of esters is 1. The highest BCUT2D eigenvalue weighted by molar-refractivity contribution is 5.76. The quantitative estimate of drug-likeness (QED) is 0.495. The molecule has 1 aliphatic carbocycles. The number of ether oxygens (including phenoxy) is 1. The summed E-state index contributed by atoms with van der Waals surface area (Å²) < 4.78 is 39.3. The third kappa shape index (κ3) is 3.08. The minimum Gasteiger partial charge on any atom is -0.469 e. The lowest BCUT2D eigenvalue weighted by molar-refractivity contribution is -0.142. The second-order valence-corrected chi connectivity index (χ2v) is 2.93. The summed E-state index contributed by atoms with van der Waals surface area (Å²) in [6, 6.07) is 0. The molecule has 0 radical (unpaired) electrons. The Balaban J connectivity index is 2.36. The van der Waals surface area contributed by atoms with E-state index in [0.29, 0.717) is 6.42 Å². The van der Waals surface area contributed by atoms with E-state index in [2.05, 4.69) is 4.74 Å². The van der Waals surface area contributed by atoms with Crippen molar-refractivity contribution in [2.45, 2.75) is 12.6 Å². The maximum absolute atomic E-state index is 11.7. The Hall–Kier alpha value is -1.00. The summed E-state index contributed by atoms with van der Waals surface area (Å²) in [6.07, 6.45) is -2.65. The molecule has 2 unspecified atom stereocenters. The summed E-state index contributed by atoms with van der Waals surface area (Å²) in [4.78, 5) is 10.8. The molecule has 74 valence electrons. The first-order valence-corrected chi connectivity index (χ1v) is 3.78. The van der Waals surface area contributed by atoms with Crippen LogP contribution in [-0.2, 0) is 9.53 Å². The van der Waals surface area contributed by atoms with Crippen LogP contribution in [0.4, 0.5) is 13.2 Å². The number of rotatable bonds is 2. The molecule has 13 heavy (non-hydrogen) atoms. The molecule has 1 rings (SSSR count). The molecule has 0 aliphatic heterocycles. The number of allylic oxidation sites excluding steroid dienone is 2. The maximum atomic E-state index is 11.7. The van der Waals surface area contributed by atoms with Crippen molar-refractivity contribution in [1.82, 2.24) is 0 Å². The maximum Gasteiger partial charge on any atom is 0.409 e. The predicted octanol–water partition coefficient (Wildman–Crippen LogP) is 1.91. The van der Waals surface area contributed by atoms with Gasteiger partial charge in [-0.1, -0.05) is 6.08 Å². The average Bonchev–Trinajstić information content (AvgIpc) is 2.77. The van der Waals surface area contributed by atoms with Crippen LogP contribution in [0.1, 0.15) is 6.42 Å². The van der Waals surface area contributed by atoms with Gasteiger partial charge in [0.15, 0.2) is 0 Å². The summed E-state index contributed by atoms with van der Waals surface area (Å²) in [5.41, 5.74) is 0. The highest BCUT2D eigenvalue weighted by Gasteiger charge is 2.42. The van der Waals surface area contributed by atoms with Crippen LogP contribution in [0.3, 0.4) is 0 Å². The molecule has 0 bridgehead atoms. The van der Waals surface area contributed by atoms with Crippen LogP contribution in [0, 0.1) is 11.8 Å². The van der Waals surface area contributed by atoms with Crippen molar-refractivity contribution in [3.63, 3.8) is 0 Å². The number of carbonyl (C=O) groups excluding carboxylic acids is 1. The molecule has 0 aromatic carbocycles. The Kier molecular flexibility index (Phi) is 2.63. The minimum atomic E-state index is -4.29. The van der Waals surface area contributed by atoms with Crippen LogP contribution in [0.2, 0.25) is 0 Å². The van der Waals surface area contributed by atoms with Crippen molar-refractivity contribution in [3.05, 3.63) is 12.2 Å².